The molecule has 0 N–H and O–H groups in total. The monoisotopic (exact) mass is 414 g/mol. The molecule has 0 spiro atoms. The minimum atomic E-state index is -0.283. The zero-order valence-electron chi connectivity index (χ0n) is 15.7. The highest BCUT2D eigenvalue weighted by atomic mass is 35.5. The molecule has 6 nitrogen and oxygen atoms in total. The van der Waals surface area contributed by atoms with E-state index in [0.717, 1.165) is 5.69 Å². The van der Waals surface area contributed by atoms with E-state index in [2.05, 4.69) is 9.97 Å². The van der Waals surface area contributed by atoms with Gasteiger partial charge in [0.2, 0.25) is 0 Å². The van der Waals surface area contributed by atoms with Crippen LogP contribution in [0.2, 0.25) is 5.02 Å². The smallest absolute Gasteiger partial charge is 0.264 e. The number of para-hydroxylation sites is 1. The van der Waals surface area contributed by atoms with Crippen molar-refractivity contribution in [1.29, 1.82) is 0 Å². The molecular formula is C23H15ClN4O2. The summed E-state index contributed by atoms with van der Waals surface area (Å²) < 4.78 is 3.03. The number of hydrogen-bond acceptors (Lipinski definition) is 4. The number of rotatable bonds is 3. The molecular weight excluding hydrogens is 400 g/mol. The molecule has 0 aliphatic carbocycles. The molecule has 0 unspecified atom stereocenters. The van der Waals surface area contributed by atoms with Crippen LogP contribution in [0.4, 0.5) is 0 Å². The van der Waals surface area contributed by atoms with Gasteiger partial charge in [-0.3, -0.25) is 19.1 Å². The maximum Gasteiger partial charge on any atom is 0.264 e. The summed E-state index contributed by atoms with van der Waals surface area (Å²) in [7, 11) is 0. The van der Waals surface area contributed by atoms with Gasteiger partial charge in [0, 0.05) is 18.6 Å². The number of nitrogens with zero attached hydrogens (tertiary/aromatic N) is 4. The molecule has 30 heavy (non-hydrogen) atoms. The quantitative estimate of drug-likeness (QED) is 0.421. The van der Waals surface area contributed by atoms with E-state index in [1.54, 1.807) is 59.6 Å². The third kappa shape index (κ3) is 3.07. The minimum Gasteiger partial charge on any atom is -0.309 e. The normalized spacial score (nSPS) is 11.2. The Bertz CT molecular complexity index is 1520. The average molecular weight is 415 g/mol. The fraction of sp³-hybridized carbons (Fsp3) is 0.0435. The molecule has 0 radical (unpaired) electrons. The van der Waals surface area contributed by atoms with Crippen molar-refractivity contribution in [3.63, 3.8) is 0 Å². The van der Waals surface area contributed by atoms with Gasteiger partial charge in [0.25, 0.3) is 11.1 Å². The standard InChI is InChI=1S/C23H15ClN4O2/c24-18-6-1-2-7-21(18)28-12-9-20-17(23(28)30)13-16-19(26-20)8-11-27(22(16)29)14-15-5-3-4-10-25-15/h1-13H,14H2. The second kappa shape index (κ2) is 7.24. The second-order valence-corrected chi connectivity index (χ2v) is 7.27. The fourth-order valence-corrected chi connectivity index (χ4v) is 3.72. The minimum absolute atomic E-state index is 0.222. The van der Waals surface area contributed by atoms with Gasteiger partial charge in [-0.2, -0.15) is 0 Å². The Morgan fingerprint density at radius 2 is 1.57 bits per heavy atom. The molecule has 7 heteroatoms. The van der Waals surface area contributed by atoms with Crippen LogP contribution in [0.1, 0.15) is 5.69 Å². The molecule has 5 aromatic rings. The van der Waals surface area contributed by atoms with Crippen molar-refractivity contribution in [1.82, 2.24) is 19.1 Å². The van der Waals surface area contributed by atoms with Crippen LogP contribution in [0.3, 0.4) is 0 Å². The van der Waals surface area contributed by atoms with Crippen LogP contribution >= 0.6 is 11.6 Å². The van der Waals surface area contributed by atoms with Crippen LogP contribution < -0.4 is 11.1 Å². The van der Waals surface area contributed by atoms with E-state index in [1.165, 1.54) is 4.57 Å². The summed E-state index contributed by atoms with van der Waals surface area (Å²) in [5.41, 5.74) is 1.91. The Balaban J connectivity index is 1.71. The highest BCUT2D eigenvalue weighted by molar-refractivity contribution is 6.32. The molecule has 0 aliphatic rings. The highest BCUT2D eigenvalue weighted by Gasteiger charge is 2.12. The molecule has 0 atom stereocenters. The van der Waals surface area contributed by atoms with Gasteiger partial charge in [-0.05, 0) is 42.5 Å². The lowest BCUT2D eigenvalue weighted by molar-refractivity contribution is 0.746. The molecule has 4 heterocycles. The van der Waals surface area contributed by atoms with Gasteiger partial charge in [-0.1, -0.05) is 29.8 Å². The molecule has 5 rings (SSSR count). The maximum absolute atomic E-state index is 13.2. The van der Waals surface area contributed by atoms with Gasteiger partial charge in [0.15, 0.2) is 0 Å². The van der Waals surface area contributed by atoms with Gasteiger partial charge in [0.1, 0.15) is 0 Å². The molecule has 146 valence electrons. The van der Waals surface area contributed by atoms with Crippen LogP contribution in [0.5, 0.6) is 0 Å². The van der Waals surface area contributed by atoms with Gasteiger partial charge in [-0.15, -0.1) is 0 Å². The summed E-state index contributed by atoms with van der Waals surface area (Å²) in [6.07, 6.45) is 5.03. The van der Waals surface area contributed by atoms with Crippen LogP contribution in [-0.4, -0.2) is 19.1 Å². The summed E-state index contributed by atoms with van der Waals surface area (Å²) in [6, 6.07) is 17.8. The van der Waals surface area contributed by atoms with Gasteiger partial charge in [0.05, 0.1) is 44.8 Å². The summed E-state index contributed by atoms with van der Waals surface area (Å²) in [5, 5.41) is 1.21. The predicted molar refractivity (Wildman–Crippen MR) is 117 cm³/mol. The second-order valence-electron chi connectivity index (χ2n) is 6.87. The number of fused-ring (bicyclic) bond motifs is 2. The first-order valence-electron chi connectivity index (χ1n) is 9.32. The first kappa shape index (κ1) is 18.3. The molecule has 0 saturated carbocycles. The lowest BCUT2D eigenvalue weighted by atomic mass is 10.2. The van der Waals surface area contributed by atoms with Crippen molar-refractivity contribution in [2.24, 2.45) is 0 Å². The van der Waals surface area contributed by atoms with Crippen LogP contribution in [-0.2, 0) is 6.54 Å². The fourth-order valence-electron chi connectivity index (χ4n) is 3.49. The first-order valence-corrected chi connectivity index (χ1v) is 9.70. The Hall–Kier alpha value is -3.77. The van der Waals surface area contributed by atoms with Gasteiger partial charge >= 0.3 is 0 Å². The zero-order chi connectivity index (χ0) is 20.7. The predicted octanol–water partition coefficient (Wildman–Crippen LogP) is 3.80. The molecule has 0 bridgehead atoms. The molecule has 0 saturated heterocycles. The Labute approximate surface area is 175 Å². The summed E-state index contributed by atoms with van der Waals surface area (Å²) in [4.78, 5) is 35.0. The lowest BCUT2D eigenvalue weighted by Crippen LogP contribution is -2.22. The summed E-state index contributed by atoms with van der Waals surface area (Å²) in [5.74, 6) is 0. The Kier molecular flexibility index (Phi) is 4.41. The van der Waals surface area contributed by atoms with Crippen molar-refractivity contribution < 1.29 is 0 Å². The SMILES string of the molecule is O=c1c2cc3c(=O)n(-c4ccccc4Cl)ccc3nc2ccn1Cc1ccccn1. The van der Waals surface area contributed by atoms with Crippen LogP contribution in [0.15, 0.2) is 88.8 Å². The van der Waals surface area contributed by atoms with E-state index in [4.69, 9.17) is 11.6 Å². The van der Waals surface area contributed by atoms with E-state index in [1.807, 2.05) is 24.3 Å². The topological polar surface area (TPSA) is 69.8 Å². The third-order valence-electron chi connectivity index (χ3n) is 4.99. The van der Waals surface area contributed by atoms with E-state index < -0.39 is 0 Å². The molecule has 0 fully saturated rings. The average Bonchev–Trinajstić information content (AvgIpc) is 2.77. The largest absolute Gasteiger partial charge is 0.309 e. The van der Waals surface area contributed by atoms with Crippen molar-refractivity contribution >= 4 is 33.4 Å². The molecule has 4 aromatic heterocycles. The number of pyridine rings is 4. The van der Waals surface area contributed by atoms with E-state index in [0.29, 0.717) is 39.1 Å². The van der Waals surface area contributed by atoms with Crippen molar-refractivity contribution in [2.45, 2.75) is 6.54 Å². The van der Waals surface area contributed by atoms with Crippen LogP contribution in [0, 0.1) is 0 Å². The van der Waals surface area contributed by atoms with Gasteiger partial charge < -0.3 is 4.57 Å². The van der Waals surface area contributed by atoms with E-state index >= 15 is 0 Å². The van der Waals surface area contributed by atoms with Crippen molar-refractivity contribution in [3.8, 4) is 5.69 Å². The third-order valence-corrected chi connectivity index (χ3v) is 5.31. The number of benzene rings is 1. The molecule has 0 amide bonds. The zero-order valence-corrected chi connectivity index (χ0v) is 16.5. The molecule has 0 aliphatic heterocycles. The van der Waals surface area contributed by atoms with E-state index in [-0.39, 0.29) is 11.1 Å². The Morgan fingerprint density at radius 1 is 0.833 bits per heavy atom. The lowest BCUT2D eigenvalue weighted by Gasteiger charge is -2.10. The summed E-state index contributed by atoms with van der Waals surface area (Å²) in [6.45, 7) is 0.340. The highest BCUT2D eigenvalue weighted by Crippen LogP contribution is 2.20. The maximum atomic E-state index is 13.2. The van der Waals surface area contributed by atoms with E-state index in [9.17, 15) is 9.59 Å². The summed E-state index contributed by atoms with van der Waals surface area (Å²) >= 11 is 6.27. The number of hydrogen-bond donors (Lipinski definition) is 0. The van der Waals surface area contributed by atoms with Crippen molar-refractivity contribution in [2.75, 3.05) is 0 Å². The molecule has 1 aromatic carbocycles. The number of halogens is 1. The van der Waals surface area contributed by atoms with Crippen LogP contribution in [0.25, 0.3) is 27.5 Å². The Morgan fingerprint density at radius 3 is 2.33 bits per heavy atom. The number of aromatic nitrogens is 4. The van der Waals surface area contributed by atoms with Crippen molar-refractivity contribution in [3.05, 3.63) is 111 Å². The van der Waals surface area contributed by atoms with Gasteiger partial charge in [-0.25, -0.2) is 4.98 Å². The first-order chi connectivity index (χ1) is 14.6.